The third-order valence-corrected chi connectivity index (χ3v) is 6.49. The average molecular weight is 409 g/mol. The van der Waals surface area contributed by atoms with Crippen molar-refractivity contribution in [1.82, 2.24) is 19.9 Å². The number of aliphatic hydroxyl groups excluding tert-OH is 1. The van der Waals surface area contributed by atoms with Gasteiger partial charge in [0.2, 0.25) is 0 Å². The minimum Gasteiger partial charge on any atom is -0.391 e. The first-order valence-electron chi connectivity index (χ1n) is 10.1. The van der Waals surface area contributed by atoms with E-state index in [1.165, 1.54) is 5.56 Å². The molecule has 0 radical (unpaired) electrons. The number of anilines is 1. The van der Waals surface area contributed by atoms with Crippen LogP contribution >= 0.6 is 11.3 Å². The number of nitrogens with two attached hydrogens (primary N) is 1. The summed E-state index contributed by atoms with van der Waals surface area (Å²) in [6, 6.07) is 8.42. The molecule has 1 fully saturated rings. The Balaban J connectivity index is 1.35. The second kappa shape index (κ2) is 7.70. The van der Waals surface area contributed by atoms with E-state index in [2.05, 4.69) is 38.5 Å². The Morgan fingerprint density at radius 3 is 2.93 bits per heavy atom. The number of rotatable bonds is 5. The van der Waals surface area contributed by atoms with Crippen LogP contribution in [0.15, 0.2) is 30.5 Å². The van der Waals surface area contributed by atoms with Gasteiger partial charge in [0.25, 0.3) is 0 Å². The van der Waals surface area contributed by atoms with E-state index in [1.807, 2.05) is 6.07 Å². The van der Waals surface area contributed by atoms with Crippen molar-refractivity contribution in [2.75, 3.05) is 5.32 Å². The summed E-state index contributed by atoms with van der Waals surface area (Å²) in [5.41, 5.74) is 10.5. The van der Waals surface area contributed by atoms with Crippen LogP contribution in [0.5, 0.6) is 0 Å². The van der Waals surface area contributed by atoms with Gasteiger partial charge in [0.1, 0.15) is 5.82 Å². The predicted molar refractivity (Wildman–Crippen MR) is 116 cm³/mol. The van der Waals surface area contributed by atoms with E-state index in [0.717, 1.165) is 57.9 Å². The average Bonchev–Trinajstić information content (AvgIpc) is 3.31. The second-order valence-corrected chi connectivity index (χ2v) is 8.73. The van der Waals surface area contributed by atoms with E-state index in [9.17, 15) is 5.11 Å². The topological polar surface area (TPSA) is 113 Å². The first-order valence-corrected chi connectivity index (χ1v) is 10.9. The molecule has 5 N–H and O–H groups in total. The maximum Gasteiger partial charge on any atom is 0.184 e. The van der Waals surface area contributed by atoms with Gasteiger partial charge in [0, 0.05) is 19.2 Å². The van der Waals surface area contributed by atoms with Gasteiger partial charge in [-0.05, 0) is 42.2 Å². The summed E-state index contributed by atoms with van der Waals surface area (Å²) in [7, 11) is 0. The summed E-state index contributed by atoms with van der Waals surface area (Å²) >= 11 is 1.64. The number of aromatic nitrogens is 4. The summed E-state index contributed by atoms with van der Waals surface area (Å²) in [6.45, 7) is 0.466. The molecule has 1 aliphatic rings. The summed E-state index contributed by atoms with van der Waals surface area (Å²) in [6.07, 6.45) is 6.31. The van der Waals surface area contributed by atoms with E-state index < -0.39 is 0 Å². The number of nitrogens with one attached hydrogen (secondary N) is 2. The van der Waals surface area contributed by atoms with Gasteiger partial charge in [0.15, 0.2) is 10.8 Å². The fourth-order valence-corrected chi connectivity index (χ4v) is 4.95. The zero-order chi connectivity index (χ0) is 19.8. The molecule has 4 aromatic rings. The molecule has 29 heavy (non-hydrogen) atoms. The van der Waals surface area contributed by atoms with Crippen LogP contribution in [0.25, 0.3) is 21.4 Å². The van der Waals surface area contributed by atoms with Crippen LogP contribution in [-0.4, -0.2) is 37.2 Å². The van der Waals surface area contributed by atoms with Crippen molar-refractivity contribution < 1.29 is 5.11 Å². The molecule has 0 spiro atoms. The monoisotopic (exact) mass is 408 g/mol. The molecule has 2 atom stereocenters. The van der Waals surface area contributed by atoms with E-state index in [4.69, 9.17) is 10.7 Å². The lowest BCUT2D eigenvalue weighted by Gasteiger charge is -2.27. The van der Waals surface area contributed by atoms with Crippen LogP contribution in [-0.2, 0) is 13.0 Å². The SMILES string of the molecule is NCc1cnc2nc(Cc3ccc4nc(NC5CCCCC5O)sc4c3)[nH]c2c1. The Labute approximate surface area is 172 Å². The first kappa shape index (κ1) is 18.5. The minimum atomic E-state index is -0.284. The van der Waals surface area contributed by atoms with Gasteiger partial charge in [-0.25, -0.2) is 15.0 Å². The molecule has 0 amide bonds. The fraction of sp³-hybridized carbons (Fsp3) is 0.381. The molecule has 8 heteroatoms. The molecule has 1 saturated carbocycles. The number of fused-ring (bicyclic) bond motifs is 2. The summed E-state index contributed by atoms with van der Waals surface area (Å²) in [5.74, 6) is 0.884. The second-order valence-electron chi connectivity index (χ2n) is 7.70. The molecule has 0 bridgehead atoms. The third kappa shape index (κ3) is 3.83. The number of aliphatic hydroxyl groups is 1. The van der Waals surface area contributed by atoms with Gasteiger partial charge >= 0.3 is 0 Å². The third-order valence-electron chi connectivity index (χ3n) is 5.54. The fourth-order valence-electron chi connectivity index (χ4n) is 3.96. The van der Waals surface area contributed by atoms with Crippen molar-refractivity contribution in [2.24, 2.45) is 5.73 Å². The molecule has 3 aromatic heterocycles. The molecular weight excluding hydrogens is 384 g/mol. The van der Waals surface area contributed by atoms with Crippen molar-refractivity contribution in [3.63, 3.8) is 0 Å². The van der Waals surface area contributed by atoms with Gasteiger partial charge in [-0.1, -0.05) is 30.2 Å². The van der Waals surface area contributed by atoms with Crippen LogP contribution in [0.4, 0.5) is 5.13 Å². The lowest BCUT2D eigenvalue weighted by Crippen LogP contribution is -2.36. The van der Waals surface area contributed by atoms with Gasteiger partial charge in [-0.2, -0.15) is 0 Å². The highest BCUT2D eigenvalue weighted by Crippen LogP contribution is 2.30. The van der Waals surface area contributed by atoms with Gasteiger partial charge in [-0.15, -0.1) is 0 Å². The van der Waals surface area contributed by atoms with E-state index in [-0.39, 0.29) is 12.1 Å². The van der Waals surface area contributed by atoms with Gasteiger partial charge < -0.3 is 21.1 Å². The molecule has 2 unspecified atom stereocenters. The molecule has 1 aromatic carbocycles. The Morgan fingerprint density at radius 1 is 1.17 bits per heavy atom. The Kier molecular flexibility index (Phi) is 4.91. The molecule has 7 nitrogen and oxygen atoms in total. The highest BCUT2D eigenvalue weighted by molar-refractivity contribution is 7.22. The Hall–Kier alpha value is -2.55. The number of aromatic amines is 1. The quantitative estimate of drug-likeness (QED) is 0.403. The molecule has 0 aliphatic heterocycles. The Morgan fingerprint density at radius 2 is 2.07 bits per heavy atom. The van der Waals surface area contributed by atoms with E-state index in [0.29, 0.717) is 18.6 Å². The molecule has 5 rings (SSSR count). The molecule has 1 aliphatic carbocycles. The molecule has 0 saturated heterocycles. The van der Waals surface area contributed by atoms with Gasteiger partial charge in [-0.3, -0.25) is 0 Å². The van der Waals surface area contributed by atoms with Crippen molar-refractivity contribution >= 4 is 37.8 Å². The highest BCUT2D eigenvalue weighted by atomic mass is 32.1. The summed E-state index contributed by atoms with van der Waals surface area (Å²) < 4.78 is 1.13. The van der Waals surface area contributed by atoms with Crippen LogP contribution in [0.3, 0.4) is 0 Å². The number of nitrogens with zero attached hydrogens (tertiary/aromatic N) is 3. The molecule has 3 heterocycles. The minimum absolute atomic E-state index is 0.102. The first-order chi connectivity index (χ1) is 14.2. The zero-order valence-corrected chi connectivity index (χ0v) is 16.9. The molecule has 150 valence electrons. The van der Waals surface area contributed by atoms with Crippen LogP contribution in [0.2, 0.25) is 0 Å². The lowest BCUT2D eigenvalue weighted by atomic mass is 9.93. The number of H-pyrrole nitrogens is 1. The van der Waals surface area contributed by atoms with Crippen LogP contribution < -0.4 is 11.1 Å². The van der Waals surface area contributed by atoms with Crippen molar-refractivity contribution in [3.8, 4) is 0 Å². The number of imidazole rings is 1. The predicted octanol–water partition coefficient (Wildman–Crippen LogP) is 3.33. The number of hydrogen-bond donors (Lipinski definition) is 4. The summed E-state index contributed by atoms with van der Waals surface area (Å²) in [4.78, 5) is 17.0. The Bertz CT molecular complexity index is 1150. The zero-order valence-electron chi connectivity index (χ0n) is 16.1. The highest BCUT2D eigenvalue weighted by Gasteiger charge is 2.23. The largest absolute Gasteiger partial charge is 0.391 e. The lowest BCUT2D eigenvalue weighted by molar-refractivity contribution is 0.116. The van der Waals surface area contributed by atoms with E-state index in [1.54, 1.807) is 17.5 Å². The van der Waals surface area contributed by atoms with Crippen molar-refractivity contribution in [3.05, 3.63) is 47.4 Å². The number of pyridine rings is 1. The van der Waals surface area contributed by atoms with Gasteiger partial charge in [0.05, 0.1) is 27.9 Å². The normalized spacial score (nSPS) is 19.8. The van der Waals surface area contributed by atoms with Crippen molar-refractivity contribution in [2.45, 2.75) is 50.8 Å². The smallest absolute Gasteiger partial charge is 0.184 e. The number of benzene rings is 1. The van der Waals surface area contributed by atoms with Crippen LogP contribution in [0, 0.1) is 0 Å². The van der Waals surface area contributed by atoms with Crippen LogP contribution in [0.1, 0.15) is 42.6 Å². The van der Waals surface area contributed by atoms with Crippen molar-refractivity contribution in [1.29, 1.82) is 0 Å². The maximum absolute atomic E-state index is 10.2. The van der Waals surface area contributed by atoms with E-state index >= 15 is 0 Å². The number of hydrogen-bond acceptors (Lipinski definition) is 7. The number of thiazole rings is 1. The summed E-state index contributed by atoms with van der Waals surface area (Å²) in [5, 5.41) is 14.5. The maximum atomic E-state index is 10.2. The molecular formula is C21H24N6OS. The standard InChI is InChI=1S/C21H24N6OS/c22-10-13-7-16-20(23-11-13)27-19(24-16)9-12-5-6-15-18(8-12)29-21(26-15)25-14-3-1-2-4-17(14)28/h5-8,11,14,17,28H,1-4,9-10,22H2,(H,25,26)(H,23,24,27).